The van der Waals surface area contributed by atoms with Crippen LogP contribution in [0.25, 0.3) is 0 Å². The van der Waals surface area contributed by atoms with Gasteiger partial charge in [-0.25, -0.2) is 8.42 Å². The van der Waals surface area contributed by atoms with Crippen molar-refractivity contribution in [3.63, 3.8) is 0 Å². The van der Waals surface area contributed by atoms with E-state index in [0.717, 1.165) is 5.56 Å². The zero-order valence-corrected chi connectivity index (χ0v) is 14.6. The number of hydrogen-bond donors (Lipinski definition) is 1. The van der Waals surface area contributed by atoms with E-state index in [0.29, 0.717) is 16.9 Å². The predicted molar refractivity (Wildman–Crippen MR) is 91.1 cm³/mol. The molecule has 0 amide bonds. The summed E-state index contributed by atoms with van der Waals surface area (Å²) in [6.07, 6.45) is 0. The minimum atomic E-state index is -3.83. The van der Waals surface area contributed by atoms with Gasteiger partial charge in [0.15, 0.2) is 0 Å². The Morgan fingerprint density at radius 3 is 2.17 bits per heavy atom. The van der Waals surface area contributed by atoms with Gasteiger partial charge in [-0.3, -0.25) is 14.8 Å². The number of rotatable bonds is 5. The second-order valence-electron chi connectivity index (χ2n) is 5.38. The average molecular weight is 350 g/mol. The van der Waals surface area contributed by atoms with E-state index >= 15 is 0 Å². The molecule has 0 spiro atoms. The molecule has 0 aromatic heterocycles. The van der Waals surface area contributed by atoms with Crippen molar-refractivity contribution in [2.75, 3.05) is 11.8 Å². The molecule has 1 N–H and O–H groups in total. The van der Waals surface area contributed by atoms with E-state index in [2.05, 4.69) is 4.72 Å². The number of nitro benzene ring substituents is 1. The average Bonchev–Trinajstić information content (AvgIpc) is 2.50. The normalized spacial score (nSPS) is 11.2. The molecule has 2 aromatic carbocycles. The lowest BCUT2D eigenvalue weighted by Gasteiger charge is -2.17. The van der Waals surface area contributed by atoms with E-state index in [9.17, 15) is 18.5 Å². The highest BCUT2D eigenvalue weighted by Gasteiger charge is 2.23. The molecule has 128 valence electrons. The molecule has 0 unspecified atom stereocenters. The van der Waals surface area contributed by atoms with Gasteiger partial charge >= 0.3 is 0 Å². The largest absolute Gasteiger partial charge is 0.496 e. The monoisotopic (exact) mass is 350 g/mol. The van der Waals surface area contributed by atoms with Crippen molar-refractivity contribution in [1.29, 1.82) is 0 Å². The first kappa shape index (κ1) is 17.7. The van der Waals surface area contributed by atoms with Gasteiger partial charge in [-0.1, -0.05) is 0 Å². The number of hydrogen-bond acceptors (Lipinski definition) is 5. The van der Waals surface area contributed by atoms with E-state index in [1.54, 1.807) is 26.8 Å². The Labute approximate surface area is 140 Å². The van der Waals surface area contributed by atoms with Gasteiger partial charge in [0.1, 0.15) is 5.75 Å². The summed E-state index contributed by atoms with van der Waals surface area (Å²) in [7, 11) is -2.30. The Hall–Kier alpha value is -2.61. The van der Waals surface area contributed by atoms with Crippen LogP contribution in [-0.4, -0.2) is 20.5 Å². The Morgan fingerprint density at radius 2 is 1.67 bits per heavy atom. The topological polar surface area (TPSA) is 98.5 Å². The molecule has 0 aliphatic carbocycles. The SMILES string of the molecule is COc1cc(C)c(S(=O)(=O)Nc2ccc([N+](=O)[O-])cc2)c(C)c1C. The summed E-state index contributed by atoms with van der Waals surface area (Å²) in [5.74, 6) is 0.624. The quantitative estimate of drug-likeness (QED) is 0.659. The van der Waals surface area contributed by atoms with Crippen LogP contribution in [0.5, 0.6) is 5.75 Å². The number of anilines is 1. The third-order valence-corrected chi connectivity index (χ3v) is 5.47. The van der Waals surface area contributed by atoms with Gasteiger partial charge in [-0.05, 0) is 55.7 Å². The van der Waals surface area contributed by atoms with Gasteiger partial charge in [0.2, 0.25) is 0 Å². The second kappa shape index (κ2) is 6.48. The molecule has 0 saturated carbocycles. The highest BCUT2D eigenvalue weighted by Crippen LogP contribution is 2.31. The van der Waals surface area contributed by atoms with Crippen LogP contribution < -0.4 is 9.46 Å². The molecule has 0 aliphatic heterocycles. The Morgan fingerprint density at radius 1 is 1.08 bits per heavy atom. The van der Waals surface area contributed by atoms with E-state index in [-0.39, 0.29) is 16.3 Å². The molecular weight excluding hydrogens is 332 g/mol. The van der Waals surface area contributed by atoms with Crippen molar-refractivity contribution < 1.29 is 18.1 Å². The number of aryl methyl sites for hydroxylation is 1. The lowest BCUT2D eigenvalue weighted by Crippen LogP contribution is -2.16. The first-order chi connectivity index (χ1) is 11.2. The van der Waals surface area contributed by atoms with Crippen molar-refractivity contribution in [3.8, 4) is 5.75 Å². The summed E-state index contributed by atoms with van der Waals surface area (Å²) in [5, 5.41) is 10.7. The maximum Gasteiger partial charge on any atom is 0.269 e. The van der Waals surface area contributed by atoms with Crippen molar-refractivity contribution in [1.82, 2.24) is 0 Å². The van der Waals surface area contributed by atoms with Crippen LogP contribution in [0.4, 0.5) is 11.4 Å². The highest BCUT2D eigenvalue weighted by molar-refractivity contribution is 7.92. The van der Waals surface area contributed by atoms with Crippen molar-refractivity contribution in [2.45, 2.75) is 25.7 Å². The van der Waals surface area contributed by atoms with Crippen LogP contribution in [0.3, 0.4) is 0 Å². The van der Waals surface area contributed by atoms with E-state index < -0.39 is 14.9 Å². The molecule has 7 nitrogen and oxygen atoms in total. The van der Waals surface area contributed by atoms with Crippen LogP contribution in [0.1, 0.15) is 16.7 Å². The predicted octanol–water partition coefficient (Wildman–Crippen LogP) is 3.33. The molecule has 8 heteroatoms. The summed E-state index contributed by atoms with van der Waals surface area (Å²) >= 11 is 0. The third kappa shape index (κ3) is 3.33. The lowest BCUT2D eigenvalue weighted by atomic mass is 10.1. The third-order valence-electron chi connectivity index (χ3n) is 3.80. The Kier molecular flexibility index (Phi) is 4.79. The number of ether oxygens (including phenoxy) is 1. The molecule has 24 heavy (non-hydrogen) atoms. The number of benzene rings is 2. The lowest BCUT2D eigenvalue weighted by molar-refractivity contribution is -0.384. The molecule has 0 heterocycles. The van der Waals surface area contributed by atoms with Crippen molar-refractivity contribution in [2.24, 2.45) is 0 Å². The zero-order chi connectivity index (χ0) is 18.1. The number of non-ortho nitro benzene ring substituents is 1. The van der Waals surface area contributed by atoms with Gasteiger partial charge in [0.05, 0.1) is 16.9 Å². The fourth-order valence-corrected chi connectivity index (χ4v) is 4.09. The Bertz CT molecular complexity index is 890. The fourth-order valence-electron chi connectivity index (χ4n) is 2.50. The maximum absolute atomic E-state index is 12.7. The van der Waals surface area contributed by atoms with Crippen molar-refractivity contribution in [3.05, 3.63) is 57.1 Å². The van der Waals surface area contributed by atoms with Crippen LogP contribution in [0.2, 0.25) is 0 Å². The van der Waals surface area contributed by atoms with E-state index in [1.807, 2.05) is 0 Å². The number of methoxy groups -OCH3 is 1. The van der Waals surface area contributed by atoms with Crippen molar-refractivity contribution >= 4 is 21.4 Å². The molecule has 0 aliphatic rings. The van der Waals surface area contributed by atoms with Crippen LogP contribution >= 0.6 is 0 Å². The number of nitrogens with zero attached hydrogens (tertiary/aromatic N) is 1. The summed E-state index contributed by atoms with van der Waals surface area (Å²) < 4.78 is 33.2. The zero-order valence-electron chi connectivity index (χ0n) is 13.8. The highest BCUT2D eigenvalue weighted by atomic mass is 32.2. The minimum Gasteiger partial charge on any atom is -0.496 e. The first-order valence-electron chi connectivity index (χ1n) is 7.09. The van der Waals surface area contributed by atoms with Crippen LogP contribution in [0, 0.1) is 30.9 Å². The van der Waals surface area contributed by atoms with Gasteiger partial charge < -0.3 is 4.74 Å². The first-order valence-corrected chi connectivity index (χ1v) is 8.57. The molecule has 2 rings (SSSR count). The summed E-state index contributed by atoms with van der Waals surface area (Å²) in [5.41, 5.74) is 2.05. The molecule has 0 saturated heterocycles. The molecule has 0 atom stereocenters. The van der Waals surface area contributed by atoms with Gasteiger partial charge in [-0.2, -0.15) is 0 Å². The molecule has 0 radical (unpaired) electrons. The Balaban J connectivity index is 2.44. The summed E-state index contributed by atoms with van der Waals surface area (Å²) in [4.78, 5) is 10.3. The minimum absolute atomic E-state index is 0.106. The van der Waals surface area contributed by atoms with Gasteiger partial charge in [0.25, 0.3) is 15.7 Å². The number of nitro groups is 1. The van der Waals surface area contributed by atoms with E-state index in [4.69, 9.17) is 4.74 Å². The number of sulfonamides is 1. The standard InChI is InChI=1S/C16H18N2O5S/c1-10-9-15(23-4)11(2)12(3)16(10)24(21,22)17-13-5-7-14(8-6-13)18(19)20/h5-9,17H,1-4H3. The smallest absolute Gasteiger partial charge is 0.269 e. The molecular formula is C16H18N2O5S. The van der Waals surface area contributed by atoms with E-state index in [1.165, 1.54) is 31.4 Å². The van der Waals surface area contributed by atoms with Gasteiger partial charge in [0, 0.05) is 17.8 Å². The van der Waals surface area contributed by atoms with Gasteiger partial charge in [-0.15, -0.1) is 0 Å². The molecule has 0 bridgehead atoms. The summed E-state index contributed by atoms with van der Waals surface area (Å²) in [6, 6.07) is 6.88. The molecule has 2 aromatic rings. The molecule has 0 fully saturated rings. The van der Waals surface area contributed by atoms with Crippen LogP contribution in [0.15, 0.2) is 35.2 Å². The maximum atomic E-state index is 12.7. The summed E-state index contributed by atoms with van der Waals surface area (Å²) in [6.45, 7) is 5.20. The fraction of sp³-hybridized carbons (Fsp3) is 0.250. The second-order valence-corrected chi connectivity index (χ2v) is 7.00. The number of nitrogens with one attached hydrogen (secondary N) is 1. The van der Waals surface area contributed by atoms with Crippen LogP contribution in [-0.2, 0) is 10.0 Å².